The van der Waals surface area contributed by atoms with Gasteiger partial charge >= 0.3 is 0 Å². The molecule has 0 saturated heterocycles. The highest BCUT2D eigenvalue weighted by Gasteiger charge is 2.07. The van der Waals surface area contributed by atoms with Gasteiger partial charge in [0.05, 0.1) is 5.69 Å². The summed E-state index contributed by atoms with van der Waals surface area (Å²) < 4.78 is 1.82. The zero-order valence-electron chi connectivity index (χ0n) is 8.44. The van der Waals surface area contributed by atoms with E-state index in [0.717, 1.165) is 16.8 Å². The molecule has 0 aliphatic rings. The first-order chi connectivity index (χ1) is 7.22. The van der Waals surface area contributed by atoms with Crippen LogP contribution in [0.4, 0.5) is 0 Å². The minimum atomic E-state index is 0.473. The summed E-state index contributed by atoms with van der Waals surface area (Å²) in [4.78, 5) is 0. The van der Waals surface area contributed by atoms with Crippen LogP contribution in [0.15, 0.2) is 30.5 Å². The Bertz CT molecular complexity index is 476. The van der Waals surface area contributed by atoms with Gasteiger partial charge < -0.3 is 5.73 Å². The molecule has 4 heteroatoms. The highest BCUT2D eigenvalue weighted by molar-refractivity contribution is 6.30. The molecular formula is C11H12ClN3. The van der Waals surface area contributed by atoms with Gasteiger partial charge in [0.1, 0.15) is 0 Å². The summed E-state index contributed by atoms with van der Waals surface area (Å²) in [5, 5.41) is 4.84. The van der Waals surface area contributed by atoms with Gasteiger partial charge in [0, 0.05) is 30.4 Å². The topological polar surface area (TPSA) is 43.8 Å². The van der Waals surface area contributed by atoms with Crippen molar-refractivity contribution in [2.45, 2.75) is 6.54 Å². The average molecular weight is 222 g/mol. The van der Waals surface area contributed by atoms with Crippen molar-refractivity contribution in [2.24, 2.45) is 12.8 Å². The van der Waals surface area contributed by atoms with E-state index in [1.165, 1.54) is 0 Å². The molecule has 78 valence electrons. The lowest BCUT2D eigenvalue weighted by molar-refractivity contribution is 0.774. The van der Waals surface area contributed by atoms with Crippen molar-refractivity contribution in [3.8, 4) is 11.3 Å². The summed E-state index contributed by atoms with van der Waals surface area (Å²) in [6.45, 7) is 0.473. The van der Waals surface area contributed by atoms with Crippen LogP contribution in [-0.4, -0.2) is 9.78 Å². The first kappa shape index (κ1) is 10.2. The highest BCUT2D eigenvalue weighted by Crippen LogP contribution is 2.25. The van der Waals surface area contributed by atoms with Gasteiger partial charge in [-0.15, -0.1) is 0 Å². The summed E-state index contributed by atoms with van der Waals surface area (Å²) in [6.07, 6.45) is 1.77. The molecule has 0 radical (unpaired) electrons. The zero-order valence-corrected chi connectivity index (χ0v) is 9.20. The normalized spacial score (nSPS) is 10.6. The molecule has 0 atom stereocenters. The number of rotatable bonds is 2. The van der Waals surface area contributed by atoms with E-state index < -0.39 is 0 Å². The number of hydrogen-bond donors (Lipinski definition) is 1. The van der Waals surface area contributed by atoms with Crippen LogP contribution in [0.3, 0.4) is 0 Å². The van der Waals surface area contributed by atoms with E-state index in [2.05, 4.69) is 5.10 Å². The average Bonchev–Trinajstić information content (AvgIpc) is 2.64. The summed E-state index contributed by atoms with van der Waals surface area (Å²) in [7, 11) is 1.91. The van der Waals surface area contributed by atoms with Gasteiger partial charge in [-0.3, -0.25) is 4.68 Å². The lowest BCUT2D eigenvalue weighted by Crippen LogP contribution is -2.01. The van der Waals surface area contributed by atoms with Crippen molar-refractivity contribution in [2.75, 3.05) is 0 Å². The molecule has 0 fully saturated rings. The number of aryl methyl sites for hydroxylation is 1. The van der Waals surface area contributed by atoms with Crippen molar-refractivity contribution < 1.29 is 0 Å². The smallest absolute Gasteiger partial charge is 0.0682 e. The molecule has 0 aliphatic carbocycles. The molecule has 0 unspecified atom stereocenters. The Morgan fingerprint density at radius 2 is 2.20 bits per heavy atom. The van der Waals surface area contributed by atoms with Crippen LogP contribution in [-0.2, 0) is 13.6 Å². The van der Waals surface area contributed by atoms with Crippen LogP contribution >= 0.6 is 11.6 Å². The van der Waals surface area contributed by atoms with E-state index in [4.69, 9.17) is 17.3 Å². The second kappa shape index (κ2) is 4.04. The molecular weight excluding hydrogens is 210 g/mol. The zero-order chi connectivity index (χ0) is 10.8. The van der Waals surface area contributed by atoms with Crippen molar-refractivity contribution >= 4 is 11.6 Å². The Balaban J connectivity index is 2.58. The number of hydrogen-bond acceptors (Lipinski definition) is 2. The first-order valence-corrected chi connectivity index (χ1v) is 5.07. The Morgan fingerprint density at radius 1 is 1.40 bits per heavy atom. The lowest BCUT2D eigenvalue weighted by atomic mass is 10.0. The summed E-state index contributed by atoms with van der Waals surface area (Å²) in [5.74, 6) is 0. The molecule has 2 N–H and O–H groups in total. The molecule has 0 spiro atoms. The molecule has 2 aromatic rings. The minimum Gasteiger partial charge on any atom is -0.326 e. The molecule has 0 amide bonds. The van der Waals surface area contributed by atoms with Crippen LogP contribution in [0.5, 0.6) is 0 Å². The highest BCUT2D eigenvalue weighted by atomic mass is 35.5. The quantitative estimate of drug-likeness (QED) is 0.845. The molecule has 0 aliphatic heterocycles. The summed E-state index contributed by atoms with van der Waals surface area (Å²) in [5.41, 5.74) is 8.85. The Labute approximate surface area is 93.5 Å². The Kier molecular flexibility index (Phi) is 2.75. The number of aromatic nitrogens is 2. The van der Waals surface area contributed by atoms with Gasteiger partial charge in [-0.1, -0.05) is 17.7 Å². The van der Waals surface area contributed by atoms with Crippen molar-refractivity contribution in [1.82, 2.24) is 9.78 Å². The van der Waals surface area contributed by atoms with E-state index in [0.29, 0.717) is 11.6 Å². The van der Waals surface area contributed by atoms with Gasteiger partial charge in [-0.2, -0.15) is 5.10 Å². The van der Waals surface area contributed by atoms with Crippen LogP contribution in [0.1, 0.15) is 5.56 Å². The fraction of sp³-hybridized carbons (Fsp3) is 0.182. The largest absolute Gasteiger partial charge is 0.326 e. The van der Waals surface area contributed by atoms with E-state index in [1.54, 1.807) is 6.20 Å². The van der Waals surface area contributed by atoms with Crippen LogP contribution in [0, 0.1) is 0 Å². The first-order valence-electron chi connectivity index (χ1n) is 4.69. The number of halogens is 1. The summed E-state index contributed by atoms with van der Waals surface area (Å²) >= 11 is 5.92. The number of benzene rings is 1. The lowest BCUT2D eigenvalue weighted by Gasteiger charge is -2.08. The second-order valence-corrected chi connectivity index (χ2v) is 3.78. The predicted molar refractivity (Wildman–Crippen MR) is 61.5 cm³/mol. The van der Waals surface area contributed by atoms with E-state index in [1.807, 2.05) is 36.0 Å². The molecule has 3 nitrogen and oxygen atoms in total. The van der Waals surface area contributed by atoms with Crippen LogP contribution < -0.4 is 5.73 Å². The Morgan fingerprint density at radius 3 is 2.80 bits per heavy atom. The van der Waals surface area contributed by atoms with Gasteiger partial charge in [-0.05, 0) is 23.8 Å². The molecule has 1 aromatic heterocycles. The molecule has 0 saturated carbocycles. The van der Waals surface area contributed by atoms with Gasteiger partial charge in [0.25, 0.3) is 0 Å². The third kappa shape index (κ3) is 1.89. The van der Waals surface area contributed by atoms with E-state index >= 15 is 0 Å². The maximum absolute atomic E-state index is 5.92. The van der Waals surface area contributed by atoms with Gasteiger partial charge in [-0.25, -0.2) is 0 Å². The fourth-order valence-corrected chi connectivity index (χ4v) is 1.81. The SMILES string of the molecule is Cn1nccc1-c1ccc(Cl)cc1CN. The number of nitrogens with zero attached hydrogens (tertiary/aromatic N) is 2. The maximum atomic E-state index is 5.92. The fourth-order valence-electron chi connectivity index (χ4n) is 1.62. The molecule has 0 bridgehead atoms. The standard InChI is InChI=1S/C11H12ClN3/c1-15-11(4-5-14-15)10-3-2-9(12)6-8(10)7-13/h2-6H,7,13H2,1H3. The van der Waals surface area contributed by atoms with Crippen LogP contribution in [0.2, 0.25) is 5.02 Å². The second-order valence-electron chi connectivity index (χ2n) is 3.35. The molecule has 1 heterocycles. The molecule has 15 heavy (non-hydrogen) atoms. The molecule has 1 aromatic carbocycles. The van der Waals surface area contributed by atoms with Crippen molar-refractivity contribution in [3.63, 3.8) is 0 Å². The predicted octanol–water partition coefficient (Wildman–Crippen LogP) is 2.20. The summed E-state index contributed by atoms with van der Waals surface area (Å²) in [6, 6.07) is 7.69. The van der Waals surface area contributed by atoms with E-state index in [-0.39, 0.29) is 0 Å². The van der Waals surface area contributed by atoms with Crippen molar-refractivity contribution in [1.29, 1.82) is 0 Å². The third-order valence-electron chi connectivity index (χ3n) is 2.38. The Hall–Kier alpha value is -1.32. The molecule has 2 rings (SSSR count). The maximum Gasteiger partial charge on any atom is 0.0682 e. The van der Waals surface area contributed by atoms with E-state index in [9.17, 15) is 0 Å². The third-order valence-corrected chi connectivity index (χ3v) is 2.62. The van der Waals surface area contributed by atoms with Gasteiger partial charge in [0.2, 0.25) is 0 Å². The van der Waals surface area contributed by atoms with Crippen molar-refractivity contribution in [3.05, 3.63) is 41.0 Å². The number of nitrogens with two attached hydrogens (primary N) is 1. The minimum absolute atomic E-state index is 0.473. The van der Waals surface area contributed by atoms with Gasteiger partial charge in [0.15, 0.2) is 0 Å². The monoisotopic (exact) mass is 221 g/mol. The van der Waals surface area contributed by atoms with Crippen LogP contribution in [0.25, 0.3) is 11.3 Å².